The number of halogens is 1. The number of carbonyl (C=O) groups excluding carboxylic acids is 1. The van der Waals surface area contributed by atoms with Crippen LogP contribution in [0.15, 0.2) is 24.3 Å². The maximum atomic E-state index is 11.7. The maximum Gasteiger partial charge on any atom is 0.251 e. The van der Waals surface area contributed by atoms with Crippen LogP contribution in [0.1, 0.15) is 37.0 Å². The fraction of sp³-hybridized carbons (Fsp3) is 0.417. The van der Waals surface area contributed by atoms with E-state index in [9.17, 15) is 4.79 Å². The molecule has 1 rings (SSSR count). The zero-order valence-corrected chi connectivity index (χ0v) is 9.84. The fourth-order valence-electron chi connectivity index (χ4n) is 1.44. The number of rotatable bonds is 4. The van der Waals surface area contributed by atoms with E-state index in [4.69, 9.17) is 11.6 Å². The van der Waals surface area contributed by atoms with Gasteiger partial charge in [0.05, 0.1) is 0 Å². The van der Waals surface area contributed by atoms with Crippen LogP contribution in [0.25, 0.3) is 0 Å². The molecule has 82 valence electrons. The van der Waals surface area contributed by atoms with Gasteiger partial charge in [0.15, 0.2) is 0 Å². The van der Waals surface area contributed by atoms with Crippen molar-refractivity contribution in [2.75, 3.05) is 0 Å². The van der Waals surface area contributed by atoms with Crippen LogP contribution in [-0.4, -0.2) is 11.9 Å². The molecule has 1 amide bonds. The summed E-state index contributed by atoms with van der Waals surface area (Å²) in [6.45, 7) is 4.11. The number of carbonyl (C=O) groups is 1. The standard InChI is InChI=1S/C12H16ClNO/c1-3-5-9(2)14-12(15)10-6-4-7-11(13)8-10/h4,6-9H,3,5H2,1-2H3,(H,14,15)/t9-/m0/s1. The van der Waals surface area contributed by atoms with Gasteiger partial charge in [-0.2, -0.15) is 0 Å². The van der Waals surface area contributed by atoms with Crippen molar-refractivity contribution in [3.05, 3.63) is 34.9 Å². The predicted molar refractivity (Wildman–Crippen MR) is 63.3 cm³/mol. The molecule has 1 atom stereocenters. The van der Waals surface area contributed by atoms with E-state index in [1.54, 1.807) is 24.3 Å². The monoisotopic (exact) mass is 225 g/mol. The van der Waals surface area contributed by atoms with Crippen LogP contribution in [0, 0.1) is 0 Å². The molecule has 0 fully saturated rings. The summed E-state index contributed by atoms with van der Waals surface area (Å²) < 4.78 is 0. The first kappa shape index (κ1) is 12.1. The molecule has 1 aromatic rings. The van der Waals surface area contributed by atoms with Gasteiger partial charge in [0.25, 0.3) is 5.91 Å². The van der Waals surface area contributed by atoms with Crippen LogP contribution < -0.4 is 5.32 Å². The second-order valence-corrected chi connectivity index (χ2v) is 4.11. The quantitative estimate of drug-likeness (QED) is 0.838. The molecule has 1 aromatic carbocycles. The Balaban J connectivity index is 2.61. The highest BCUT2D eigenvalue weighted by Gasteiger charge is 2.08. The lowest BCUT2D eigenvalue weighted by molar-refractivity contribution is 0.0938. The predicted octanol–water partition coefficient (Wildman–Crippen LogP) is 3.26. The van der Waals surface area contributed by atoms with Crippen molar-refractivity contribution in [2.24, 2.45) is 0 Å². The SMILES string of the molecule is CCC[C@H](C)NC(=O)c1cccc(Cl)c1. The van der Waals surface area contributed by atoms with Crippen molar-refractivity contribution in [3.8, 4) is 0 Å². The third-order valence-electron chi connectivity index (χ3n) is 2.19. The van der Waals surface area contributed by atoms with Gasteiger partial charge in [-0.05, 0) is 31.5 Å². The Morgan fingerprint density at radius 3 is 2.87 bits per heavy atom. The van der Waals surface area contributed by atoms with Gasteiger partial charge in [-0.25, -0.2) is 0 Å². The van der Waals surface area contributed by atoms with Gasteiger partial charge < -0.3 is 5.32 Å². The van der Waals surface area contributed by atoms with Crippen molar-refractivity contribution in [1.82, 2.24) is 5.32 Å². The molecule has 0 heterocycles. The van der Waals surface area contributed by atoms with E-state index >= 15 is 0 Å². The molecular formula is C12H16ClNO. The van der Waals surface area contributed by atoms with E-state index in [0.29, 0.717) is 10.6 Å². The first-order valence-electron chi connectivity index (χ1n) is 5.20. The molecule has 0 aliphatic rings. The molecule has 0 aliphatic carbocycles. The summed E-state index contributed by atoms with van der Waals surface area (Å²) in [7, 11) is 0. The van der Waals surface area contributed by atoms with Crippen molar-refractivity contribution < 1.29 is 4.79 Å². The van der Waals surface area contributed by atoms with Crippen LogP contribution in [0.3, 0.4) is 0 Å². The summed E-state index contributed by atoms with van der Waals surface area (Å²) in [5.41, 5.74) is 0.616. The summed E-state index contributed by atoms with van der Waals surface area (Å²) in [5, 5.41) is 3.52. The van der Waals surface area contributed by atoms with Gasteiger partial charge in [-0.3, -0.25) is 4.79 Å². The van der Waals surface area contributed by atoms with E-state index in [1.165, 1.54) is 0 Å². The first-order valence-corrected chi connectivity index (χ1v) is 5.57. The summed E-state index contributed by atoms with van der Waals surface area (Å²) in [5.74, 6) is -0.0570. The minimum atomic E-state index is -0.0570. The molecule has 0 saturated carbocycles. The smallest absolute Gasteiger partial charge is 0.251 e. The van der Waals surface area contributed by atoms with Crippen molar-refractivity contribution in [2.45, 2.75) is 32.7 Å². The molecule has 0 unspecified atom stereocenters. The van der Waals surface area contributed by atoms with Gasteiger partial charge in [0.2, 0.25) is 0 Å². The normalized spacial score (nSPS) is 12.2. The lowest BCUT2D eigenvalue weighted by atomic mass is 10.1. The fourth-order valence-corrected chi connectivity index (χ4v) is 1.63. The van der Waals surface area contributed by atoms with E-state index in [0.717, 1.165) is 12.8 Å². The first-order chi connectivity index (χ1) is 7.13. The highest BCUT2D eigenvalue weighted by atomic mass is 35.5. The second kappa shape index (κ2) is 5.76. The Bertz CT molecular complexity index is 338. The van der Waals surface area contributed by atoms with E-state index in [1.807, 2.05) is 6.92 Å². The summed E-state index contributed by atoms with van der Waals surface area (Å²) >= 11 is 5.81. The number of benzene rings is 1. The van der Waals surface area contributed by atoms with Crippen LogP contribution in [0.5, 0.6) is 0 Å². The van der Waals surface area contributed by atoms with Crippen LogP contribution in [0.4, 0.5) is 0 Å². The van der Waals surface area contributed by atoms with Crippen LogP contribution in [0.2, 0.25) is 5.02 Å². The van der Waals surface area contributed by atoms with Gasteiger partial charge in [0, 0.05) is 16.6 Å². The lowest BCUT2D eigenvalue weighted by Gasteiger charge is -2.12. The van der Waals surface area contributed by atoms with Gasteiger partial charge >= 0.3 is 0 Å². The Hall–Kier alpha value is -1.02. The molecule has 2 nitrogen and oxygen atoms in total. The Kier molecular flexibility index (Phi) is 4.63. The third kappa shape index (κ3) is 3.92. The zero-order chi connectivity index (χ0) is 11.3. The average Bonchev–Trinajstić information content (AvgIpc) is 2.18. The highest BCUT2D eigenvalue weighted by Crippen LogP contribution is 2.10. The molecular weight excluding hydrogens is 210 g/mol. The van der Waals surface area contributed by atoms with Crippen molar-refractivity contribution in [1.29, 1.82) is 0 Å². The van der Waals surface area contributed by atoms with E-state index in [-0.39, 0.29) is 11.9 Å². The van der Waals surface area contributed by atoms with Crippen molar-refractivity contribution >= 4 is 17.5 Å². The molecule has 0 saturated heterocycles. The Morgan fingerprint density at radius 1 is 1.53 bits per heavy atom. The van der Waals surface area contributed by atoms with Gasteiger partial charge in [-0.15, -0.1) is 0 Å². The summed E-state index contributed by atoms with van der Waals surface area (Å²) in [6.07, 6.45) is 2.06. The number of hydrogen-bond donors (Lipinski definition) is 1. The molecule has 1 N–H and O–H groups in total. The van der Waals surface area contributed by atoms with E-state index in [2.05, 4.69) is 12.2 Å². The van der Waals surface area contributed by atoms with Gasteiger partial charge in [-0.1, -0.05) is 31.0 Å². The van der Waals surface area contributed by atoms with Crippen molar-refractivity contribution in [3.63, 3.8) is 0 Å². The Labute approximate surface area is 95.6 Å². The zero-order valence-electron chi connectivity index (χ0n) is 9.09. The van der Waals surface area contributed by atoms with Gasteiger partial charge in [0.1, 0.15) is 0 Å². The molecule has 0 radical (unpaired) electrons. The lowest BCUT2D eigenvalue weighted by Crippen LogP contribution is -2.32. The van der Waals surface area contributed by atoms with Crippen LogP contribution >= 0.6 is 11.6 Å². The summed E-state index contributed by atoms with van der Waals surface area (Å²) in [6, 6.07) is 7.19. The minimum Gasteiger partial charge on any atom is -0.350 e. The second-order valence-electron chi connectivity index (χ2n) is 3.67. The average molecular weight is 226 g/mol. The number of hydrogen-bond acceptors (Lipinski definition) is 1. The number of nitrogens with one attached hydrogen (secondary N) is 1. The highest BCUT2D eigenvalue weighted by molar-refractivity contribution is 6.30. The molecule has 0 aliphatic heterocycles. The van der Waals surface area contributed by atoms with Crippen LogP contribution in [-0.2, 0) is 0 Å². The largest absolute Gasteiger partial charge is 0.350 e. The molecule has 0 aromatic heterocycles. The molecule has 0 bridgehead atoms. The minimum absolute atomic E-state index is 0.0570. The third-order valence-corrected chi connectivity index (χ3v) is 2.42. The molecule has 0 spiro atoms. The number of amides is 1. The maximum absolute atomic E-state index is 11.7. The van der Waals surface area contributed by atoms with E-state index < -0.39 is 0 Å². The Morgan fingerprint density at radius 2 is 2.27 bits per heavy atom. The topological polar surface area (TPSA) is 29.1 Å². The summed E-state index contributed by atoms with van der Waals surface area (Å²) in [4.78, 5) is 11.7. The molecule has 15 heavy (non-hydrogen) atoms. The molecule has 3 heteroatoms.